The van der Waals surface area contributed by atoms with Crippen LogP contribution in [0.25, 0.3) is 0 Å². The highest BCUT2D eigenvalue weighted by Gasteiger charge is 2.11. The molecule has 1 N–H and O–H groups in total. The lowest BCUT2D eigenvalue weighted by molar-refractivity contribution is 0.394. The summed E-state index contributed by atoms with van der Waals surface area (Å²) in [6.45, 7) is 10.2. The molecular formula is C16H27N. The van der Waals surface area contributed by atoms with Crippen LogP contribution < -0.4 is 5.32 Å². The van der Waals surface area contributed by atoms with Gasteiger partial charge < -0.3 is 5.32 Å². The molecular weight excluding hydrogens is 206 g/mol. The van der Waals surface area contributed by atoms with Gasteiger partial charge in [-0.2, -0.15) is 0 Å². The van der Waals surface area contributed by atoms with Crippen molar-refractivity contribution in [3.05, 3.63) is 35.9 Å². The third-order valence-corrected chi connectivity index (χ3v) is 2.90. The summed E-state index contributed by atoms with van der Waals surface area (Å²) in [5.41, 5.74) is 1.44. The molecule has 1 heteroatoms. The van der Waals surface area contributed by atoms with Crippen LogP contribution in [0.3, 0.4) is 0 Å². The SMILES string of the molecule is CC(C)CNC(Cc1ccccc1)CC(C)C. The maximum atomic E-state index is 3.70. The van der Waals surface area contributed by atoms with E-state index in [0.29, 0.717) is 6.04 Å². The van der Waals surface area contributed by atoms with Crippen molar-refractivity contribution < 1.29 is 0 Å². The summed E-state index contributed by atoms with van der Waals surface area (Å²) in [4.78, 5) is 0. The summed E-state index contributed by atoms with van der Waals surface area (Å²) in [5, 5.41) is 3.70. The molecule has 0 saturated heterocycles. The number of nitrogens with one attached hydrogen (secondary N) is 1. The standard InChI is InChI=1S/C16H27N/c1-13(2)10-16(17-12-14(3)4)11-15-8-6-5-7-9-15/h5-9,13-14,16-17H,10-12H2,1-4H3. The minimum absolute atomic E-state index is 0.611. The van der Waals surface area contributed by atoms with Gasteiger partial charge in [0.2, 0.25) is 0 Å². The lowest BCUT2D eigenvalue weighted by Crippen LogP contribution is -2.35. The molecule has 0 aliphatic heterocycles. The molecule has 0 bridgehead atoms. The van der Waals surface area contributed by atoms with Crippen LogP contribution in [-0.2, 0) is 6.42 Å². The van der Waals surface area contributed by atoms with E-state index in [1.165, 1.54) is 12.0 Å². The van der Waals surface area contributed by atoms with Gasteiger partial charge in [0, 0.05) is 6.04 Å². The van der Waals surface area contributed by atoms with Crippen molar-refractivity contribution in [3.8, 4) is 0 Å². The molecule has 0 saturated carbocycles. The van der Waals surface area contributed by atoms with Crippen LogP contribution in [-0.4, -0.2) is 12.6 Å². The Labute approximate surface area is 107 Å². The Bertz CT molecular complexity index is 290. The quantitative estimate of drug-likeness (QED) is 0.753. The van der Waals surface area contributed by atoms with E-state index in [0.717, 1.165) is 24.8 Å². The van der Waals surface area contributed by atoms with Crippen LogP contribution >= 0.6 is 0 Å². The predicted molar refractivity (Wildman–Crippen MR) is 76.2 cm³/mol. The van der Waals surface area contributed by atoms with E-state index in [2.05, 4.69) is 63.3 Å². The molecule has 1 unspecified atom stereocenters. The average molecular weight is 233 g/mol. The third-order valence-electron chi connectivity index (χ3n) is 2.90. The first-order chi connectivity index (χ1) is 8.08. The Morgan fingerprint density at radius 3 is 2.12 bits per heavy atom. The van der Waals surface area contributed by atoms with Gasteiger partial charge in [-0.1, -0.05) is 58.0 Å². The minimum Gasteiger partial charge on any atom is -0.313 e. The Balaban J connectivity index is 2.51. The molecule has 0 amide bonds. The fourth-order valence-corrected chi connectivity index (χ4v) is 2.11. The molecule has 0 aromatic heterocycles. The Morgan fingerprint density at radius 2 is 1.59 bits per heavy atom. The normalized spacial score (nSPS) is 13.3. The molecule has 1 nitrogen and oxygen atoms in total. The molecule has 1 atom stereocenters. The highest BCUT2D eigenvalue weighted by Crippen LogP contribution is 2.11. The fraction of sp³-hybridized carbons (Fsp3) is 0.625. The van der Waals surface area contributed by atoms with E-state index < -0.39 is 0 Å². The molecule has 1 aromatic rings. The minimum atomic E-state index is 0.611. The molecule has 0 radical (unpaired) electrons. The number of hydrogen-bond acceptors (Lipinski definition) is 1. The Kier molecular flexibility index (Phi) is 6.28. The molecule has 0 heterocycles. The summed E-state index contributed by atoms with van der Waals surface area (Å²) < 4.78 is 0. The van der Waals surface area contributed by atoms with Crippen molar-refractivity contribution in [2.75, 3.05) is 6.54 Å². The maximum absolute atomic E-state index is 3.70. The van der Waals surface area contributed by atoms with Crippen molar-refractivity contribution in [2.24, 2.45) is 11.8 Å². The van der Waals surface area contributed by atoms with Gasteiger partial charge in [-0.3, -0.25) is 0 Å². The Morgan fingerprint density at radius 1 is 0.941 bits per heavy atom. The first kappa shape index (κ1) is 14.2. The molecule has 0 aliphatic rings. The van der Waals surface area contributed by atoms with Crippen LogP contribution in [0.5, 0.6) is 0 Å². The molecule has 0 aliphatic carbocycles. The van der Waals surface area contributed by atoms with E-state index in [4.69, 9.17) is 0 Å². The molecule has 1 rings (SSSR count). The first-order valence-electron chi connectivity index (χ1n) is 6.85. The van der Waals surface area contributed by atoms with Gasteiger partial charge >= 0.3 is 0 Å². The average Bonchev–Trinajstić information content (AvgIpc) is 2.26. The third kappa shape index (κ3) is 6.48. The summed E-state index contributed by atoms with van der Waals surface area (Å²) in [7, 11) is 0. The molecule has 0 fully saturated rings. The van der Waals surface area contributed by atoms with Crippen molar-refractivity contribution in [3.63, 3.8) is 0 Å². The summed E-state index contributed by atoms with van der Waals surface area (Å²) >= 11 is 0. The zero-order chi connectivity index (χ0) is 12.7. The van der Waals surface area contributed by atoms with Gasteiger partial charge in [-0.15, -0.1) is 0 Å². The highest BCUT2D eigenvalue weighted by atomic mass is 14.9. The largest absolute Gasteiger partial charge is 0.313 e. The lowest BCUT2D eigenvalue weighted by atomic mass is 9.97. The fourth-order valence-electron chi connectivity index (χ4n) is 2.11. The van der Waals surface area contributed by atoms with Crippen LogP contribution in [0.15, 0.2) is 30.3 Å². The first-order valence-corrected chi connectivity index (χ1v) is 6.85. The summed E-state index contributed by atoms with van der Waals surface area (Å²) in [6, 6.07) is 11.4. The second-order valence-electron chi connectivity index (χ2n) is 5.82. The van der Waals surface area contributed by atoms with Gasteiger partial charge in [0.15, 0.2) is 0 Å². The summed E-state index contributed by atoms with van der Waals surface area (Å²) in [6.07, 6.45) is 2.40. The number of benzene rings is 1. The monoisotopic (exact) mass is 233 g/mol. The number of hydrogen-bond donors (Lipinski definition) is 1. The van der Waals surface area contributed by atoms with Crippen LogP contribution in [0.2, 0.25) is 0 Å². The van der Waals surface area contributed by atoms with E-state index in [1.54, 1.807) is 0 Å². The topological polar surface area (TPSA) is 12.0 Å². The smallest absolute Gasteiger partial charge is 0.0110 e. The van der Waals surface area contributed by atoms with Gasteiger partial charge in [0.25, 0.3) is 0 Å². The molecule has 1 aromatic carbocycles. The van der Waals surface area contributed by atoms with Crippen LogP contribution in [0.1, 0.15) is 39.7 Å². The Hall–Kier alpha value is -0.820. The lowest BCUT2D eigenvalue weighted by Gasteiger charge is -2.22. The van der Waals surface area contributed by atoms with Gasteiger partial charge in [-0.05, 0) is 36.8 Å². The van der Waals surface area contributed by atoms with Crippen LogP contribution in [0, 0.1) is 11.8 Å². The van der Waals surface area contributed by atoms with Crippen LogP contribution in [0.4, 0.5) is 0 Å². The van der Waals surface area contributed by atoms with Gasteiger partial charge in [0.05, 0.1) is 0 Å². The van der Waals surface area contributed by atoms with E-state index in [1.807, 2.05) is 0 Å². The van der Waals surface area contributed by atoms with E-state index >= 15 is 0 Å². The van der Waals surface area contributed by atoms with Crippen molar-refractivity contribution in [2.45, 2.75) is 46.6 Å². The summed E-state index contributed by atoms with van der Waals surface area (Å²) in [5.74, 6) is 1.48. The second kappa shape index (κ2) is 7.50. The van der Waals surface area contributed by atoms with Crippen molar-refractivity contribution >= 4 is 0 Å². The number of rotatable bonds is 7. The van der Waals surface area contributed by atoms with E-state index in [9.17, 15) is 0 Å². The molecule has 0 spiro atoms. The van der Waals surface area contributed by atoms with Crippen molar-refractivity contribution in [1.29, 1.82) is 0 Å². The predicted octanol–water partition coefficient (Wildman–Crippen LogP) is 3.89. The highest BCUT2D eigenvalue weighted by molar-refractivity contribution is 5.15. The molecule has 96 valence electrons. The van der Waals surface area contributed by atoms with Gasteiger partial charge in [0.1, 0.15) is 0 Å². The second-order valence-corrected chi connectivity index (χ2v) is 5.82. The zero-order valence-corrected chi connectivity index (χ0v) is 11.7. The van der Waals surface area contributed by atoms with Crippen molar-refractivity contribution in [1.82, 2.24) is 5.32 Å². The van der Waals surface area contributed by atoms with Gasteiger partial charge in [-0.25, -0.2) is 0 Å². The zero-order valence-electron chi connectivity index (χ0n) is 11.7. The van der Waals surface area contributed by atoms with E-state index in [-0.39, 0.29) is 0 Å². The maximum Gasteiger partial charge on any atom is 0.0110 e. The molecule has 17 heavy (non-hydrogen) atoms.